The van der Waals surface area contributed by atoms with Gasteiger partial charge in [-0.25, -0.2) is 0 Å². The first-order chi connectivity index (χ1) is 10.1. The molecule has 2 aromatic carbocycles. The number of amides is 1. The molecule has 0 bridgehead atoms. The van der Waals surface area contributed by atoms with Gasteiger partial charge in [0.25, 0.3) is 5.91 Å². The second-order valence-electron chi connectivity index (χ2n) is 5.65. The maximum atomic E-state index is 12.4. The van der Waals surface area contributed by atoms with Gasteiger partial charge in [-0.1, -0.05) is 35.9 Å². The van der Waals surface area contributed by atoms with Crippen molar-refractivity contribution in [3.8, 4) is 0 Å². The van der Waals surface area contributed by atoms with Crippen molar-refractivity contribution in [3.63, 3.8) is 0 Å². The average Bonchev–Trinajstić information content (AvgIpc) is 2.95. The van der Waals surface area contributed by atoms with Crippen molar-refractivity contribution in [2.24, 2.45) is 0 Å². The Labute approximate surface area is 125 Å². The Kier molecular flexibility index (Phi) is 3.65. The van der Waals surface area contributed by atoms with Crippen LogP contribution in [-0.2, 0) is 6.42 Å². The number of benzene rings is 2. The van der Waals surface area contributed by atoms with Crippen LogP contribution >= 0.6 is 0 Å². The maximum absolute atomic E-state index is 12.4. The van der Waals surface area contributed by atoms with Crippen molar-refractivity contribution in [1.82, 2.24) is 5.32 Å². The number of nitrogens with one attached hydrogen (secondary N) is 2. The molecule has 1 aliphatic heterocycles. The van der Waals surface area contributed by atoms with Gasteiger partial charge in [-0.05, 0) is 43.5 Å². The van der Waals surface area contributed by atoms with E-state index in [0.717, 1.165) is 24.2 Å². The van der Waals surface area contributed by atoms with Gasteiger partial charge in [0.2, 0.25) is 0 Å². The monoisotopic (exact) mass is 280 g/mol. The molecule has 1 amide bonds. The lowest BCUT2D eigenvalue weighted by atomic mass is 10.1. The molecule has 0 aliphatic carbocycles. The molecule has 0 saturated carbocycles. The van der Waals surface area contributed by atoms with Crippen LogP contribution in [0, 0.1) is 6.92 Å². The number of aryl methyl sites for hydroxylation is 1. The van der Waals surface area contributed by atoms with Crippen LogP contribution in [0.25, 0.3) is 0 Å². The van der Waals surface area contributed by atoms with Gasteiger partial charge < -0.3 is 10.6 Å². The van der Waals surface area contributed by atoms with Crippen molar-refractivity contribution in [2.45, 2.75) is 26.3 Å². The number of carbonyl (C=O) groups is 1. The smallest absolute Gasteiger partial charge is 0.251 e. The third-order valence-electron chi connectivity index (χ3n) is 4.01. The quantitative estimate of drug-likeness (QED) is 0.904. The summed E-state index contributed by atoms with van der Waals surface area (Å²) in [5.74, 6) is -0.0282. The van der Waals surface area contributed by atoms with E-state index in [-0.39, 0.29) is 11.9 Å². The van der Waals surface area contributed by atoms with Crippen LogP contribution in [0.3, 0.4) is 0 Å². The summed E-state index contributed by atoms with van der Waals surface area (Å²) in [4.78, 5) is 12.4. The molecule has 2 N–H and O–H groups in total. The third kappa shape index (κ3) is 2.92. The fourth-order valence-electron chi connectivity index (χ4n) is 2.65. The first kappa shape index (κ1) is 13.7. The Morgan fingerprint density at radius 3 is 2.71 bits per heavy atom. The van der Waals surface area contributed by atoms with Gasteiger partial charge in [0, 0.05) is 17.8 Å². The Bertz CT molecular complexity index is 661. The van der Waals surface area contributed by atoms with Crippen molar-refractivity contribution >= 4 is 11.6 Å². The molecular formula is C18H20N2O. The lowest BCUT2D eigenvalue weighted by Gasteiger charge is -2.15. The molecule has 1 aliphatic rings. The molecule has 3 heteroatoms. The van der Waals surface area contributed by atoms with Gasteiger partial charge in [-0.15, -0.1) is 0 Å². The van der Waals surface area contributed by atoms with Crippen LogP contribution < -0.4 is 10.6 Å². The summed E-state index contributed by atoms with van der Waals surface area (Å²) in [7, 11) is 0. The highest BCUT2D eigenvalue weighted by atomic mass is 16.1. The lowest BCUT2D eigenvalue weighted by Crippen LogP contribution is -2.26. The largest absolute Gasteiger partial charge is 0.384 e. The standard InChI is InChI=1S/C18H20N2O/c1-12-3-5-14(6-4-12)13(2)20-18(21)16-8-7-15-9-10-19-17(15)11-16/h3-8,11,13,19H,9-10H2,1-2H3,(H,20,21)/t13-/m0/s1. The molecule has 108 valence electrons. The van der Waals surface area contributed by atoms with Gasteiger partial charge >= 0.3 is 0 Å². The van der Waals surface area contributed by atoms with Crippen LogP contribution in [0.1, 0.15) is 40.0 Å². The molecule has 1 heterocycles. The molecule has 21 heavy (non-hydrogen) atoms. The first-order valence-corrected chi connectivity index (χ1v) is 7.38. The van der Waals surface area contributed by atoms with Crippen LogP contribution in [0.15, 0.2) is 42.5 Å². The predicted molar refractivity (Wildman–Crippen MR) is 85.7 cm³/mol. The molecule has 0 radical (unpaired) electrons. The van der Waals surface area contributed by atoms with Gasteiger partial charge in [-0.3, -0.25) is 4.79 Å². The lowest BCUT2D eigenvalue weighted by molar-refractivity contribution is 0.0940. The van der Waals surface area contributed by atoms with Gasteiger partial charge in [0.05, 0.1) is 6.04 Å². The third-order valence-corrected chi connectivity index (χ3v) is 4.01. The molecule has 1 atom stereocenters. The summed E-state index contributed by atoms with van der Waals surface area (Å²) >= 11 is 0. The summed E-state index contributed by atoms with van der Waals surface area (Å²) in [5.41, 5.74) is 5.43. The molecule has 0 aromatic heterocycles. The topological polar surface area (TPSA) is 41.1 Å². The minimum atomic E-state index is -0.0282. The van der Waals surface area contributed by atoms with E-state index in [1.165, 1.54) is 11.1 Å². The number of hydrogen-bond acceptors (Lipinski definition) is 2. The van der Waals surface area contributed by atoms with Crippen LogP contribution in [0.2, 0.25) is 0 Å². The van der Waals surface area contributed by atoms with Crippen LogP contribution in [-0.4, -0.2) is 12.5 Å². The molecule has 0 saturated heterocycles. The van der Waals surface area contributed by atoms with Gasteiger partial charge in [0.15, 0.2) is 0 Å². The molecule has 3 rings (SSSR count). The second kappa shape index (κ2) is 5.60. The van der Waals surface area contributed by atoms with Crippen LogP contribution in [0.5, 0.6) is 0 Å². The van der Waals surface area contributed by atoms with Crippen molar-refractivity contribution in [1.29, 1.82) is 0 Å². The molecule has 0 spiro atoms. The Balaban J connectivity index is 1.72. The predicted octanol–water partition coefficient (Wildman–Crippen LogP) is 3.45. The number of carbonyl (C=O) groups excluding carboxylic acids is 1. The van der Waals surface area contributed by atoms with E-state index in [0.29, 0.717) is 5.56 Å². The number of hydrogen-bond donors (Lipinski definition) is 2. The van der Waals surface area contributed by atoms with Crippen molar-refractivity contribution < 1.29 is 4.79 Å². The molecule has 0 fully saturated rings. The zero-order valence-corrected chi connectivity index (χ0v) is 12.4. The highest BCUT2D eigenvalue weighted by Crippen LogP contribution is 2.23. The minimum Gasteiger partial charge on any atom is -0.384 e. The molecule has 3 nitrogen and oxygen atoms in total. The first-order valence-electron chi connectivity index (χ1n) is 7.38. The zero-order chi connectivity index (χ0) is 14.8. The van der Waals surface area contributed by atoms with Gasteiger partial charge in [0.1, 0.15) is 0 Å². The van der Waals surface area contributed by atoms with Crippen molar-refractivity contribution in [3.05, 3.63) is 64.7 Å². The maximum Gasteiger partial charge on any atom is 0.251 e. The van der Waals surface area contributed by atoms with E-state index in [9.17, 15) is 4.79 Å². The summed E-state index contributed by atoms with van der Waals surface area (Å²) in [6.45, 7) is 5.03. The fourth-order valence-corrected chi connectivity index (χ4v) is 2.65. The molecule has 0 unspecified atom stereocenters. The second-order valence-corrected chi connectivity index (χ2v) is 5.65. The highest BCUT2D eigenvalue weighted by molar-refractivity contribution is 5.95. The van der Waals surface area contributed by atoms with E-state index in [1.807, 2.05) is 25.1 Å². The van der Waals surface area contributed by atoms with Gasteiger partial charge in [-0.2, -0.15) is 0 Å². The van der Waals surface area contributed by atoms with E-state index in [4.69, 9.17) is 0 Å². The number of anilines is 1. The van der Waals surface area contributed by atoms with Crippen molar-refractivity contribution in [2.75, 3.05) is 11.9 Å². The number of fused-ring (bicyclic) bond motifs is 1. The minimum absolute atomic E-state index is 0.000635. The Hall–Kier alpha value is -2.29. The summed E-state index contributed by atoms with van der Waals surface area (Å²) in [5, 5.41) is 6.36. The average molecular weight is 280 g/mol. The summed E-state index contributed by atoms with van der Waals surface area (Å²) in [6, 6.07) is 14.1. The normalized spacial score (nSPS) is 14.2. The van der Waals surface area contributed by atoms with E-state index in [1.54, 1.807) is 0 Å². The SMILES string of the molecule is Cc1ccc([C@H](C)NC(=O)c2ccc3c(c2)NCC3)cc1. The highest BCUT2D eigenvalue weighted by Gasteiger charge is 2.15. The number of rotatable bonds is 3. The van der Waals surface area contributed by atoms with E-state index >= 15 is 0 Å². The van der Waals surface area contributed by atoms with E-state index < -0.39 is 0 Å². The van der Waals surface area contributed by atoms with Crippen LogP contribution in [0.4, 0.5) is 5.69 Å². The fraction of sp³-hybridized carbons (Fsp3) is 0.278. The zero-order valence-electron chi connectivity index (χ0n) is 12.4. The molecule has 2 aromatic rings. The summed E-state index contributed by atoms with van der Waals surface area (Å²) < 4.78 is 0. The molecular weight excluding hydrogens is 260 g/mol. The Morgan fingerprint density at radius 2 is 1.95 bits per heavy atom. The summed E-state index contributed by atoms with van der Waals surface area (Å²) in [6.07, 6.45) is 1.04. The van der Waals surface area contributed by atoms with E-state index in [2.05, 4.69) is 41.8 Å². The Morgan fingerprint density at radius 1 is 1.19 bits per heavy atom.